The van der Waals surface area contributed by atoms with Crippen LogP contribution in [0.25, 0.3) is 0 Å². The molecule has 2 aromatic rings. The number of nitrogen functional groups attached to an aromatic ring is 1. The smallest absolute Gasteiger partial charge is 0.321 e. The number of anilines is 3. The Morgan fingerprint density at radius 3 is 2.87 bits per heavy atom. The maximum Gasteiger partial charge on any atom is 0.321 e. The lowest BCUT2D eigenvalue weighted by Gasteiger charge is -2.06. The van der Waals surface area contributed by atoms with Crippen molar-refractivity contribution in [2.75, 3.05) is 11.1 Å². The number of nitrogens with one attached hydrogen (secondary N) is 1. The molecule has 5 nitrogen and oxygen atoms in total. The Kier molecular flexibility index (Phi) is 2.59. The Bertz CT molecular complexity index is 483. The highest BCUT2D eigenvalue weighted by Gasteiger charge is 2.06. The van der Waals surface area contributed by atoms with Crippen LogP contribution >= 0.6 is 15.9 Å². The van der Waals surface area contributed by atoms with E-state index in [4.69, 9.17) is 10.2 Å². The molecule has 0 amide bonds. The van der Waals surface area contributed by atoms with Gasteiger partial charge in [0.15, 0.2) is 0 Å². The molecule has 0 aliphatic carbocycles. The predicted molar refractivity (Wildman–Crippen MR) is 60.9 cm³/mol. The van der Waals surface area contributed by atoms with Gasteiger partial charge in [-0.1, -0.05) is 32.2 Å². The Morgan fingerprint density at radius 2 is 2.20 bits per heavy atom. The molecular formula is C9H9BrN4O. The third kappa shape index (κ3) is 2.10. The van der Waals surface area contributed by atoms with Gasteiger partial charge in [0.25, 0.3) is 0 Å². The summed E-state index contributed by atoms with van der Waals surface area (Å²) < 4.78 is 6.03. The summed E-state index contributed by atoms with van der Waals surface area (Å²) in [6.07, 6.45) is 0. The second kappa shape index (κ2) is 3.90. The summed E-state index contributed by atoms with van der Waals surface area (Å²) >= 11 is 3.43. The van der Waals surface area contributed by atoms with Gasteiger partial charge in [0.1, 0.15) is 0 Å². The molecule has 0 unspecified atom stereocenters. The van der Waals surface area contributed by atoms with Gasteiger partial charge in [0, 0.05) is 10.2 Å². The molecule has 1 aromatic heterocycles. The van der Waals surface area contributed by atoms with Crippen LogP contribution in [0, 0.1) is 6.92 Å². The number of aromatic nitrogens is 2. The number of halogens is 1. The largest absolute Gasteiger partial charge is 0.389 e. The first kappa shape index (κ1) is 9.97. The molecule has 0 radical (unpaired) electrons. The van der Waals surface area contributed by atoms with E-state index < -0.39 is 0 Å². The van der Waals surface area contributed by atoms with Crippen molar-refractivity contribution < 1.29 is 4.42 Å². The summed E-state index contributed by atoms with van der Waals surface area (Å²) in [5, 5.41) is 10.2. The summed E-state index contributed by atoms with van der Waals surface area (Å²) in [6, 6.07) is 6.13. The van der Waals surface area contributed by atoms with E-state index in [9.17, 15) is 0 Å². The predicted octanol–water partition coefficient (Wildman–Crippen LogP) is 2.47. The topological polar surface area (TPSA) is 77.0 Å². The Balaban J connectivity index is 2.28. The highest BCUT2D eigenvalue weighted by Crippen LogP contribution is 2.25. The Hall–Kier alpha value is -1.56. The molecule has 1 heterocycles. The van der Waals surface area contributed by atoms with E-state index in [2.05, 4.69) is 31.4 Å². The van der Waals surface area contributed by atoms with E-state index in [1.807, 2.05) is 25.1 Å². The zero-order chi connectivity index (χ0) is 10.8. The number of benzene rings is 1. The number of hydrogen-bond acceptors (Lipinski definition) is 5. The molecule has 15 heavy (non-hydrogen) atoms. The minimum absolute atomic E-state index is 0.0464. The molecule has 0 atom stereocenters. The van der Waals surface area contributed by atoms with E-state index in [0.29, 0.717) is 0 Å². The quantitative estimate of drug-likeness (QED) is 0.875. The van der Waals surface area contributed by atoms with Gasteiger partial charge in [-0.2, -0.15) is 0 Å². The van der Waals surface area contributed by atoms with Gasteiger partial charge in [-0.25, -0.2) is 0 Å². The van der Waals surface area contributed by atoms with Crippen LogP contribution in [0.15, 0.2) is 27.1 Å². The molecule has 2 rings (SSSR count). The molecule has 0 aliphatic heterocycles. The van der Waals surface area contributed by atoms with Crippen molar-refractivity contribution in [3.05, 3.63) is 28.2 Å². The maximum atomic E-state index is 5.31. The number of nitrogens with two attached hydrogens (primary N) is 1. The van der Waals surface area contributed by atoms with E-state index in [-0.39, 0.29) is 12.0 Å². The molecule has 0 saturated carbocycles. The Labute approximate surface area is 94.8 Å². The summed E-state index contributed by atoms with van der Waals surface area (Å²) in [7, 11) is 0. The zero-order valence-corrected chi connectivity index (χ0v) is 9.58. The molecule has 78 valence electrons. The van der Waals surface area contributed by atoms with Crippen LogP contribution in [0.2, 0.25) is 0 Å². The molecule has 3 N–H and O–H groups in total. The molecule has 6 heteroatoms. The average molecular weight is 269 g/mol. The second-order valence-electron chi connectivity index (χ2n) is 2.98. The fourth-order valence-electron chi connectivity index (χ4n) is 1.14. The van der Waals surface area contributed by atoms with Crippen molar-refractivity contribution in [2.45, 2.75) is 6.92 Å². The normalized spacial score (nSPS) is 10.3. The van der Waals surface area contributed by atoms with Crippen LogP contribution in [-0.2, 0) is 0 Å². The van der Waals surface area contributed by atoms with E-state index in [1.165, 1.54) is 0 Å². The SMILES string of the molecule is Cc1c(Br)cccc1Nc1nnc(N)o1. The van der Waals surface area contributed by atoms with Crippen LogP contribution in [0.3, 0.4) is 0 Å². The summed E-state index contributed by atoms with van der Waals surface area (Å²) in [5.41, 5.74) is 7.27. The van der Waals surface area contributed by atoms with Crippen molar-refractivity contribution in [1.82, 2.24) is 10.2 Å². The van der Waals surface area contributed by atoms with Crippen LogP contribution in [0.5, 0.6) is 0 Å². The molecule has 0 bridgehead atoms. The average Bonchev–Trinajstić information content (AvgIpc) is 2.59. The highest BCUT2D eigenvalue weighted by molar-refractivity contribution is 9.10. The molecule has 0 saturated heterocycles. The lowest BCUT2D eigenvalue weighted by atomic mass is 10.2. The van der Waals surface area contributed by atoms with Gasteiger partial charge < -0.3 is 15.5 Å². The number of nitrogens with zero attached hydrogens (tertiary/aromatic N) is 2. The van der Waals surface area contributed by atoms with Gasteiger partial charge in [0.05, 0.1) is 0 Å². The van der Waals surface area contributed by atoms with Crippen LogP contribution in [-0.4, -0.2) is 10.2 Å². The Morgan fingerprint density at radius 1 is 1.40 bits per heavy atom. The van der Waals surface area contributed by atoms with Gasteiger partial charge in [-0.05, 0) is 24.6 Å². The minimum Gasteiger partial charge on any atom is -0.389 e. The summed E-state index contributed by atoms with van der Waals surface area (Å²) in [4.78, 5) is 0. The minimum atomic E-state index is 0.0464. The molecule has 0 aliphatic rings. The molecule has 1 aromatic carbocycles. The molecule has 0 spiro atoms. The first-order valence-corrected chi connectivity index (χ1v) is 5.07. The first-order valence-electron chi connectivity index (χ1n) is 4.28. The van der Waals surface area contributed by atoms with Crippen molar-refractivity contribution in [1.29, 1.82) is 0 Å². The van der Waals surface area contributed by atoms with Crippen molar-refractivity contribution in [3.8, 4) is 0 Å². The summed E-state index contributed by atoms with van der Waals surface area (Å²) in [6.45, 7) is 1.98. The van der Waals surface area contributed by atoms with Crippen LogP contribution < -0.4 is 11.1 Å². The number of hydrogen-bond donors (Lipinski definition) is 2. The zero-order valence-electron chi connectivity index (χ0n) is 7.99. The van der Waals surface area contributed by atoms with Crippen molar-refractivity contribution >= 4 is 33.6 Å². The lowest BCUT2D eigenvalue weighted by Crippen LogP contribution is -1.93. The fourth-order valence-corrected chi connectivity index (χ4v) is 1.51. The molecular weight excluding hydrogens is 260 g/mol. The van der Waals surface area contributed by atoms with Crippen LogP contribution in [0.4, 0.5) is 17.7 Å². The standard InChI is InChI=1S/C9H9BrN4O/c1-5-6(10)3-2-4-7(5)12-9-14-13-8(11)15-9/h2-4H,1H3,(H2,11,13)(H,12,14). The van der Waals surface area contributed by atoms with Crippen molar-refractivity contribution in [3.63, 3.8) is 0 Å². The van der Waals surface area contributed by atoms with Gasteiger partial charge >= 0.3 is 12.0 Å². The van der Waals surface area contributed by atoms with Gasteiger partial charge in [-0.3, -0.25) is 0 Å². The maximum absolute atomic E-state index is 5.31. The van der Waals surface area contributed by atoms with Gasteiger partial charge in [0.2, 0.25) is 0 Å². The van der Waals surface area contributed by atoms with E-state index in [1.54, 1.807) is 0 Å². The van der Waals surface area contributed by atoms with E-state index in [0.717, 1.165) is 15.7 Å². The second-order valence-corrected chi connectivity index (χ2v) is 3.84. The number of rotatable bonds is 2. The molecule has 0 fully saturated rings. The first-order chi connectivity index (χ1) is 7.16. The monoisotopic (exact) mass is 268 g/mol. The van der Waals surface area contributed by atoms with E-state index >= 15 is 0 Å². The lowest BCUT2D eigenvalue weighted by molar-refractivity contribution is 0.593. The summed E-state index contributed by atoms with van der Waals surface area (Å²) in [5.74, 6) is 0. The fraction of sp³-hybridized carbons (Fsp3) is 0.111. The third-order valence-electron chi connectivity index (χ3n) is 1.95. The van der Waals surface area contributed by atoms with Gasteiger partial charge in [-0.15, -0.1) is 0 Å². The third-order valence-corrected chi connectivity index (χ3v) is 2.81. The van der Waals surface area contributed by atoms with Crippen molar-refractivity contribution in [2.24, 2.45) is 0 Å². The van der Waals surface area contributed by atoms with Crippen LogP contribution in [0.1, 0.15) is 5.56 Å². The highest BCUT2D eigenvalue weighted by atomic mass is 79.9.